The van der Waals surface area contributed by atoms with Crippen molar-refractivity contribution in [1.29, 1.82) is 0 Å². The highest BCUT2D eigenvalue weighted by molar-refractivity contribution is 4.85. The van der Waals surface area contributed by atoms with Gasteiger partial charge in [-0.2, -0.15) is 0 Å². The topological polar surface area (TPSA) is 0 Å². The Morgan fingerprint density at radius 3 is 1.69 bits per heavy atom. The van der Waals surface area contributed by atoms with Crippen molar-refractivity contribution in [2.24, 2.45) is 10.8 Å². The van der Waals surface area contributed by atoms with E-state index in [2.05, 4.69) is 41.5 Å². The van der Waals surface area contributed by atoms with Gasteiger partial charge in [0.05, 0.1) is 0 Å². The quantitative estimate of drug-likeness (QED) is 0.526. The molecule has 0 radical (unpaired) electrons. The first-order valence-corrected chi connectivity index (χ1v) is 5.87. The molecule has 0 N–H and O–H groups in total. The average molecular weight is 184 g/mol. The van der Waals surface area contributed by atoms with Crippen LogP contribution < -0.4 is 0 Å². The van der Waals surface area contributed by atoms with Gasteiger partial charge in [0.1, 0.15) is 0 Å². The van der Waals surface area contributed by atoms with Crippen molar-refractivity contribution in [3.63, 3.8) is 0 Å². The molecule has 0 bridgehead atoms. The van der Waals surface area contributed by atoms with Crippen LogP contribution in [0, 0.1) is 10.8 Å². The molecule has 0 heterocycles. The summed E-state index contributed by atoms with van der Waals surface area (Å²) in [6.45, 7) is 14.2. The molecule has 1 atom stereocenters. The van der Waals surface area contributed by atoms with E-state index in [9.17, 15) is 0 Å². The van der Waals surface area contributed by atoms with Crippen LogP contribution in [-0.4, -0.2) is 0 Å². The number of rotatable bonds is 5. The minimum atomic E-state index is 0.454. The van der Waals surface area contributed by atoms with Gasteiger partial charge in [0.2, 0.25) is 0 Å². The van der Waals surface area contributed by atoms with E-state index >= 15 is 0 Å². The fourth-order valence-corrected chi connectivity index (χ4v) is 1.85. The van der Waals surface area contributed by atoms with Gasteiger partial charge < -0.3 is 0 Å². The second-order valence-corrected chi connectivity index (χ2v) is 5.62. The monoisotopic (exact) mass is 184 g/mol. The minimum absolute atomic E-state index is 0.454. The van der Waals surface area contributed by atoms with Crippen LogP contribution in [0.3, 0.4) is 0 Å². The Balaban J connectivity index is 4.13. The van der Waals surface area contributed by atoms with Gasteiger partial charge >= 0.3 is 0 Å². The van der Waals surface area contributed by atoms with Crippen molar-refractivity contribution >= 4 is 0 Å². The highest BCUT2D eigenvalue weighted by Gasteiger charge is 2.34. The van der Waals surface area contributed by atoms with Gasteiger partial charge in [0.15, 0.2) is 0 Å². The summed E-state index contributed by atoms with van der Waals surface area (Å²) in [4.78, 5) is 0. The summed E-state index contributed by atoms with van der Waals surface area (Å²) < 4.78 is 0. The van der Waals surface area contributed by atoms with Gasteiger partial charge in [0, 0.05) is 0 Å². The van der Waals surface area contributed by atoms with Crippen LogP contribution >= 0.6 is 0 Å². The van der Waals surface area contributed by atoms with E-state index in [4.69, 9.17) is 0 Å². The van der Waals surface area contributed by atoms with Crippen LogP contribution in [0.5, 0.6) is 0 Å². The maximum Gasteiger partial charge on any atom is -0.0280 e. The van der Waals surface area contributed by atoms with Gasteiger partial charge in [-0.15, -0.1) is 0 Å². The van der Waals surface area contributed by atoms with Crippen LogP contribution in [0.25, 0.3) is 0 Å². The zero-order valence-corrected chi connectivity index (χ0v) is 10.5. The Kier molecular flexibility index (Phi) is 5.02. The molecular weight excluding hydrogens is 156 g/mol. The van der Waals surface area contributed by atoms with Crippen LogP contribution in [0.2, 0.25) is 0 Å². The third kappa shape index (κ3) is 3.70. The summed E-state index contributed by atoms with van der Waals surface area (Å²) in [7, 11) is 0. The molecule has 0 fully saturated rings. The molecule has 80 valence electrons. The molecule has 0 spiro atoms. The standard InChI is InChI=1S/C13H28/c1-7-9-10-11-13(6,8-2)12(3,4)5/h7-11H2,1-6H3. The number of hydrogen-bond acceptors (Lipinski definition) is 0. The lowest BCUT2D eigenvalue weighted by molar-refractivity contribution is 0.0875. The molecule has 0 aliphatic heterocycles. The van der Waals surface area contributed by atoms with E-state index in [1.54, 1.807) is 0 Å². The molecule has 0 aromatic rings. The Labute approximate surface area is 85.1 Å². The average Bonchev–Trinajstić information content (AvgIpc) is 2.02. The van der Waals surface area contributed by atoms with Crippen molar-refractivity contribution in [2.75, 3.05) is 0 Å². The van der Waals surface area contributed by atoms with Crippen LogP contribution in [0.4, 0.5) is 0 Å². The fourth-order valence-electron chi connectivity index (χ4n) is 1.85. The normalized spacial score (nSPS) is 17.1. The lowest BCUT2D eigenvalue weighted by Gasteiger charge is -2.42. The van der Waals surface area contributed by atoms with E-state index in [1.165, 1.54) is 32.1 Å². The van der Waals surface area contributed by atoms with Crippen molar-refractivity contribution in [1.82, 2.24) is 0 Å². The van der Waals surface area contributed by atoms with E-state index in [1.807, 2.05) is 0 Å². The number of unbranched alkanes of at least 4 members (excludes halogenated alkanes) is 2. The summed E-state index contributed by atoms with van der Waals surface area (Å²) in [6, 6.07) is 0. The van der Waals surface area contributed by atoms with Gasteiger partial charge in [-0.05, 0) is 17.3 Å². The summed E-state index contributed by atoms with van der Waals surface area (Å²) >= 11 is 0. The first-order chi connectivity index (χ1) is 5.87. The van der Waals surface area contributed by atoms with E-state index < -0.39 is 0 Å². The predicted octanol–water partition coefficient (Wildman–Crippen LogP) is 5.03. The highest BCUT2D eigenvalue weighted by atomic mass is 14.4. The predicted molar refractivity (Wildman–Crippen MR) is 62.0 cm³/mol. The molecule has 0 heteroatoms. The smallest absolute Gasteiger partial charge is 0.0280 e. The maximum absolute atomic E-state index is 2.45. The third-order valence-electron chi connectivity index (χ3n) is 3.92. The Morgan fingerprint density at radius 2 is 1.38 bits per heavy atom. The highest BCUT2D eigenvalue weighted by Crippen LogP contribution is 2.45. The van der Waals surface area contributed by atoms with Crippen LogP contribution in [-0.2, 0) is 0 Å². The van der Waals surface area contributed by atoms with Gasteiger partial charge in [-0.1, -0.05) is 67.2 Å². The SMILES string of the molecule is CCCCCC(C)(CC)C(C)(C)C. The maximum atomic E-state index is 2.45. The molecule has 0 rings (SSSR count). The van der Waals surface area contributed by atoms with Crippen molar-refractivity contribution in [2.45, 2.75) is 73.6 Å². The lowest BCUT2D eigenvalue weighted by atomic mass is 9.64. The van der Waals surface area contributed by atoms with E-state index in [0.717, 1.165) is 0 Å². The van der Waals surface area contributed by atoms with Gasteiger partial charge in [0.25, 0.3) is 0 Å². The van der Waals surface area contributed by atoms with Crippen molar-refractivity contribution in [3.05, 3.63) is 0 Å². The molecule has 0 aliphatic carbocycles. The lowest BCUT2D eigenvalue weighted by Crippen LogP contribution is -2.32. The largest absolute Gasteiger partial charge is 0.0654 e. The number of hydrogen-bond donors (Lipinski definition) is 0. The Hall–Kier alpha value is 0. The van der Waals surface area contributed by atoms with Crippen LogP contribution in [0.15, 0.2) is 0 Å². The summed E-state index contributed by atoms with van der Waals surface area (Å²) in [5.74, 6) is 0. The molecule has 0 saturated heterocycles. The molecule has 1 unspecified atom stereocenters. The molecule has 0 aliphatic rings. The first kappa shape index (κ1) is 13.0. The van der Waals surface area contributed by atoms with Gasteiger partial charge in [-0.25, -0.2) is 0 Å². The zero-order chi connectivity index (χ0) is 10.5. The van der Waals surface area contributed by atoms with E-state index in [-0.39, 0.29) is 0 Å². The zero-order valence-electron chi connectivity index (χ0n) is 10.5. The molecular formula is C13H28. The van der Waals surface area contributed by atoms with Crippen LogP contribution in [0.1, 0.15) is 73.6 Å². The molecule has 0 amide bonds. The summed E-state index contributed by atoms with van der Waals surface area (Å²) in [6.07, 6.45) is 6.83. The van der Waals surface area contributed by atoms with E-state index in [0.29, 0.717) is 10.8 Å². The fraction of sp³-hybridized carbons (Fsp3) is 1.00. The third-order valence-corrected chi connectivity index (χ3v) is 3.92. The first-order valence-electron chi connectivity index (χ1n) is 5.87. The Morgan fingerprint density at radius 1 is 0.846 bits per heavy atom. The molecule has 13 heavy (non-hydrogen) atoms. The Bertz CT molecular complexity index is 129. The van der Waals surface area contributed by atoms with Crippen molar-refractivity contribution < 1.29 is 0 Å². The summed E-state index contributed by atoms with van der Waals surface area (Å²) in [5, 5.41) is 0. The second kappa shape index (κ2) is 5.02. The minimum Gasteiger partial charge on any atom is -0.0654 e. The molecule has 0 saturated carbocycles. The molecule has 0 nitrogen and oxygen atoms in total. The second-order valence-electron chi connectivity index (χ2n) is 5.62. The van der Waals surface area contributed by atoms with Crippen molar-refractivity contribution in [3.8, 4) is 0 Å². The molecule has 0 aromatic carbocycles. The molecule has 0 aromatic heterocycles. The summed E-state index contributed by atoms with van der Waals surface area (Å²) in [5.41, 5.74) is 0.984. The van der Waals surface area contributed by atoms with Gasteiger partial charge in [-0.3, -0.25) is 0 Å².